The molecular formula is C32H19CuN9. The zero-order valence-electron chi connectivity index (χ0n) is 21.8. The first-order chi connectivity index (χ1) is 20.2. The number of nitrogens with zero attached hydrogens (tertiary/aromatic N) is 8. The molecule has 6 aromatic rings. The molecule has 0 saturated carbocycles. The third-order valence-corrected chi connectivity index (χ3v) is 7.86. The van der Waals surface area contributed by atoms with Gasteiger partial charge in [-0.3, -0.25) is 4.98 Å². The van der Waals surface area contributed by atoms with Crippen molar-refractivity contribution in [2.24, 2.45) is 5.73 Å². The first-order valence-corrected chi connectivity index (χ1v) is 13.3. The summed E-state index contributed by atoms with van der Waals surface area (Å²) in [6.07, 6.45) is 5.90. The number of allylic oxidation sites excluding steroid dienone is 4. The predicted molar refractivity (Wildman–Crippen MR) is 156 cm³/mol. The first kappa shape index (κ1) is 24.6. The Balaban J connectivity index is 0.00000267. The Morgan fingerprint density at radius 1 is 0.548 bits per heavy atom. The van der Waals surface area contributed by atoms with Crippen LogP contribution in [0.2, 0.25) is 0 Å². The van der Waals surface area contributed by atoms with Crippen LogP contribution >= 0.6 is 0 Å². The van der Waals surface area contributed by atoms with Crippen molar-refractivity contribution in [3.05, 3.63) is 108 Å². The van der Waals surface area contributed by atoms with Crippen molar-refractivity contribution in [1.82, 2.24) is 39.9 Å². The third kappa shape index (κ3) is 3.56. The van der Waals surface area contributed by atoms with Crippen molar-refractivity contribution < 1.29 is 17.1 Å². The van der Waals surface area contributed by atoms with Crippen LogP contribution in [-0.4, -0.2) is 29.9 Å². The van der Waals surface area contributed by atoms with Crippen molar-refractivity contribution in [2.75, 3.05) is 0 Å². The molecule has 1 aliphatic carbocycles. The molecule has 0 spiro atoms. The molecule has 8 bridgehead atoms. The average Bonchev–Trinajstić information content (AvgIpc) is 3.73. The van der Waals surface area contributed by atoms with E-state index in [1.54, 1.807) is 0 Å². The molecule has 1 radical (unpaired) electrons. The van der Waals surface area contributed by atoms with Crippen molar-refractivity contribution in [2.45, 2.75) is 11.8 Å². The minimum absolute atomic E-state index is 0. The Hall–Kier alpha value is -5.18. The number of fused-ring (bicyclic) bond motifs is 20. The molecule has 42 heavy (non-hydrogen) atoms. The van der Waals surface area contributed by atoms with Crippen LogP contribution in [0.15, 0.2) is 96.7 Å². The van der Waals surface area contributed by atoms with Gasteiger partial charge in [0, 0.05) is 45.3 Å². The normalized spacial score (nSPS) is 17.0. The topological polar surface area (TPSA) is 132 Å². The van der Waals surface area contributed by atoms with Gasteiger partial charge in [0.15, 0.2) is 0 Å². The van der Waals surface area contributed by atoms with E-state index < -0.39 is 0 Å². The number of hydrogen-bond acceptors (Lipinski definition) is 7. The van der Waals surface area contributed by atoms with E-state index in [1.165, 1.54) is 0 Å². The Labute approximate surface area is 249 Å². The van der Waals surface area contributed by atoms with Crippen LogP contribution in [-0.2, 0) is 17.1 Å². The van der Waals surface area contributed by atoms with Crippen molar-refractivity contribution in [3.63, 3.8) is 0 Å². The molecular weight excluding hydrogens is 574 g/mol. The average molecular weight is 593 g/mol. The Morgan fingerprint density at radius 3 is 1.57 bits per heavy atom. The summed E-state index contributed by atoms with van der Waals surface area (Å²) < 4.78 is 0. The molecule has 2 unspecified atom stereocenters. The summed E-state index contributed by atoms with van der Waals surface area (Å²) in [5.41, 5.74) is 11.1. The fourth-order valence-corrected chi connectivity index (χ4v) is 5.92. The molecule has 9 nitrogen and oxygen atoms in total. The van der Waals surface area contributed by atoms with E-state index in [4.69, 9.17) is 45.6 Å². The second-order valence-corrected chi connectivity index (χ2v) is 10.2. The summed E-state index contributed by atoms with van der Waals surface area (Å²) in [6, 6.07) is 23.8. The number of benzene rings is 3. The van der Waals surface area contributed by atoms with Gasteiger partial charge in [-0.25, -0.2) is 4.98 Å². The quantitative estimate of drug-likeness (QED) is 0.240. The molecule has 0 saturated heterocycles. The van der Waals surface area contributed by atoms with Gasteiger partial charge in [-0.15, -0.1) is 0 Å². The van der Waals surface area contributed by atoms with Crippen molar-refractivity contribution in [3.8, 4) is 22.8 Å². The smallest absolute Gasteiger partial charge is 0.401 e. The van der Waals surface area contributed by atoms with Crippen LogP contribution < -0.4 is 15.7 Å². The molecule has 5 heterocycles. The molecule has 9 rings (SSSR count). The first-order valence-electron chi connectivity index (χ1n) is 13.3. The molecule has 0 amide bonds. The maximum absolute atomic E-state index is 6.52. The molecule has 2 N–H and O–H groups in total. The monoisotopic (exact) mass is 592 g/mol. The van der Waals surface area contributed by atoms with E-state index in [-0.39, 0.29) is 28.9 Å². The van der Waals surface area contributed by atoms with Crippen molar-refractivity contribution >= 4 is 44.1 Å². The van der Waals surface area contributed by atoms with E-state index in [1.807, 2.05) is 84.9 Å². The molecule has 203 valence electrons. The Morgan fingerprint density at radius 2 is 1.02 bits per heavy atom. The number of nitrogens with two attached hydrogens (primary N) is 1. The van der Waals surface area contributed by atoms with E-state index >= 15 is 0 Å². The molecule has 2 aliphatic heterocycles. The van der Waals surface area contributed by atoms with Gasteiger partial charge in [-0.1, -0.05) is 84.9 Å². The van der Waals surface area contributed by atoms with Crippen LogP contribution in [0.3, 0.4) is 0 Å². The fraction of sp³-hybridized carbons (Fsp3) is 0.0625. The van der Waals surface area contributed by atoms with E-state index in [0.29, 0.717) is 51.6 Å². The largest absolute Gasteiger partial charge is 2.00 e. The Bertz CT molecular complexity index is 2310. The summed E-state index contributed by atoms with van der Waals surface area (Å²) >= 11 is 0. The van der Waals surface area contributed by atoms with Crippen LogP contribution in [0.1, 0.15) is 23.5 Å². The summed E-state index contributed by atoms with van der Waals surface area (Å²) in [5, 5.41) is 3.53. The van der Waals surface area contributed by atoms with Gasteiger partial charge in [0.1, 0.15) is 0 Å². The van der Waals surface area contributed by atoms with Crippen LogP contribution in [0, 0.1) is 0 Å². The van der Waals surface area contributed by atoms with E-state index in [2.05, 4.69) is 6.08 Å². The number of rotatable bonds is 0. The second kappa shape index (κ2) is 9.17. The molecule has 2 atom stereocenters. The van der Waals surface area contributed by atoms with Gasteiger partial charge in [0.05, 0.1) is 29.2 Å². The molecule has 10 heteroatoms. The summed E-state index contributed by atoms with van der Waals surface area (Å²) in [5.74, 6) is 1.83. The van der Waals surface area contributed by atoms with Gasteiger partial charge in [0.25, 0.3) is 0 Å². The minimum Gasteiger partial charge on any atom is -0.401 e. The van der Waals surface area contributed by atoms with Crippen LogP contribution in [0.25, 0.3) is 66.9 Å². The zero-order chi connectivity index (χ0) is 27.1. The summed E-state index contributed by atoms with van der Waals surface area (Å²) in [7, 11) is 0. The summed E-state index contributed by atoms with van der Waals surface area (Å²) in [4.78, 5) is 39.4. The Kier molecular flexibility index (Phi) is 5.37. The molecule has 3 aliphatic rings. The number of aromatic nitrogens is 8. The third-order valence-electron chi connectivity index (χ3n) is 7.86. The zero-order valence-corrected chi connectivity index (χ0v) is 22.7. The van der Waals surface area contributed by atoms with Gasteiger partial charge < -0.3 is 35.6 Å². The van der Waals surface area contributed by atoms with Crippen molar-refractivity contribution in [1.29, 1.82) is 0 Å². The molecule has 3 aromatic carbocycles. The van der Waals surface area contributed by atoms with E-state index in [0.717, 1.165) is 32.7 Å². The van der Waals surface area contributed by atoms with Gasteiger partial charge >= 0.3 is 17.1 Å². The summed E-state index contributed by atoms with van der Waals surface area (Å²) in [6.45, 7) is 0. The molecule has 3 aromatic heterocycles. The van der Waals surface area contributed by atoms with Gasteiger partial charge in [-0.2, -0.15) is 0 Å². The maximum Gasteiger partial charge on any atom is 2.00 e. The van der Waals surface area contributed by atoms with Gasteiger partial charge in [-0.05, 0) is 27.6 Å². The standard InChI is InChI=1S/C32H19N9.Cu/c33-23-15-7-14-22-24(23)32-40-30-21-13-6-5-12-20(21)28(38-30)36-26-17-9-2-1-8-16(17)25(34-26)35-27-18-10-3-4-11-19(18)29(37-27)39-31(22)41-32;/h1-15,22,24H,33H2;/q-2;+2. The van der Waals surface area contributed by atoms with Gasteiger partial charge in [0.2, 0.25) is 0 Å². The maximum atomic E-state index is 6.52. The minimum atomic E-state index is -0.251. The predicted octanol–water partition coefficient (Wildman–Crippen LogP) is 5.07. The van der Waals surface area contributed by atoms with Crippen LogP contribution in [0.4, 0.5) is 0 Å². The molecule has 0 fully saturated rings. The fourth-order valence-electron chi connectivity index (χ4n) is 5.92. The number of hydrogen-bond donors (Lipinski definition) is 1. The van der Waals surface area contributed by atoms with E-state index in [9.17, 15) is 0 Å². The second-order valence-electron chi connectivity index (χ2n) is 10.2. The van der Waals surface area contributed by atoms with Crippen LogP contribution in [0.5, 0.6) is 0 Å². The SMILES string of the molecule is NC1=CC=CC2c3nc(nc4[n-]c(nc5nc(nc6[n-]c(n3)c3ccccc63)-c3ccccc3-5)c3ccccc43)C12.[Cu+2].